The van der Waals surface area contributed by atoms with Gasteiger partial charge in [0.2, 0.25) is 5.89 Å². The number of thioether (sulfide) groups is 1. The molecule has 6 nitrogen and oxygen atoms in total. The number of carbonyl (C=O) groups is 1. The van der Waals surface area contributed by atoms with Crippen molar-refractivity contribution in [3.8, 4) is 0 Å². The van der Waals surface area contributed by atoms with Gasteiger partial charge >= 0.3 is 5.97 Å². The molecular formula is C13H21N3O3S. The Balaban J connectivity index is 2.01. The molecule has 0 radical (unpaired) electrons. The lowest BCUT2D eigenvalue weighted by Gasteiger charge is -2.27. The zero-order chi connectivity index (χ0) is 14.6. The second kappa shape index (κ2) is 6.58. The Morgan fingerprint density at radius 2 is 2.40 bits per heavy atom. The summed E-state index contributed by atoms with van der Waals surface area (Å²) in [4.78, 5) is 12.1. The molecule has 112 valence electrons. The van der Waals surface area contributed by atoms with Crippen LogP contribution in [-0.4, -0.2) is 40.6 Å². The van der Waals surface area contributed by atoms with E-state index in [2.05, 4.69) is 22.4 Å². The van der Waals surface area contributed by atoms with E-state index >= 15 is 0 Å². The van der Waals surface area contributed by atoms with E-state index in [1.165, 1.54) is 7.11 Å². The summed E-state index contributed by atoms with van der Waals surface area (Å²) < 4.78 is 10.4. The Labute approximate surface area is 123 Å². The van der Waals surface area contributed by atoms with Gasteiger partial charge in [-0.15, -0.1) is 10.2 Å². The summed E-state index contributed by atoms with van der Waals surface area (Å²) in [5, 5.41) is 12.0. The summed E-state index contributed by atoms with van der Waals surface area (Å²) in [5.41, 5.74) is -0.558. The highest BCUT2D eigenvalue weighted by atomic mass is 32.2. The van der Waals surface area contributed by atoms with Crippen LogP contribution in [0.15, 0.2) is 9.64 Å². The van der Waals surface area contributed by atoms with Crippen molar-refractivity contribution in [1.29, 1.82) is 0 Å². The first kappa shape index (κ1) is 15.3. The third-order valence-corrected chi connectivity index (χ3v) is 4.64. The zero-order valence-electron chi connectivity index (χ0n) is 12.1. The molecule has 1 aliphatic rings. The van der Waals surface area contributed by atoms with Crippen molar-refractivity contribution in [2.75, 3.05) is 13.7 Å². The summed E-state index contributed by atoms with van der Waals surface area (Å²) >= 11 is 1.55. The zero-order valence-corrected chi connectivity index (χ0v) is 13.0. The monoisotopic (exact) mass is 299 g/mol. The Hall–Kier alpha value is -1.08. The largest absolute Gasteiger partial charge is 0.468 e. The number of aryl methyl sites for hydroxylation is 1. The van der Waals surface area contributed by atoms with Gasteiger partial charge in [-0.3, -0.25) is 4.79 Å². The second-order valence-electron chi connectivity index (χ2n) is 5.07. The number of rotatable bonds is 6. The maximum atomic E-state index is 12.1. The van der Waals surface area contributed by atoms with E-state index in [-0.39, 0.29) is 5.97 Å². The van der Waals surface area contributed by atoms with E-state index < -0.39 is 5.54 Å². The highest BCUT2D eigenvalue weighted by Gasteiger charge is 2.46. The highest BCUT2D eigenvalue weighted by molar-refractivity contribution is 7.99. The quantitative estimate of drug-likeness (QED) is 0.804. The van der Waals surface area contributed by atoms with Crippen LogP contribution in [-0.2, 0) is 9.53 Å². The van der Waals surface area contributed by atoms with Gasteiger partial charge in [0, 0.05) is 12.2 Å². The number of methoxy groups -OCH3 is 1. The fourth-order valence-corrected chi connectivity index (χ4v) is 3.69. The van der Waals surface area contributed by atoms with Crippen LogP contribution in [0, 0.1) is 6.92 Å². The van der Waals surface area contributed by atoms with Crippen LogP contribution in [0.4, 0.5) is 0 Å². The molecule has 2 unspecified atom stereocenters. The third kappa shape index (κ3) is 3.32. The Kier molecular flexibility index (Phi) is 5.04. The van der Waals surface area contributed by atoms with Crippen LogP contribution in [0.25, 0.3) is 0 Å². The first-order chi connectivity index (χ1) is 9.59. The van der Waals surface area contributed by atoms with Crippen LogP contribution in [0.2, 0.25) is 0 Å². The van der Waals surface area contributed by atoms with Gasteiger partial charge in [0.05, 0.1) is 7.11 Å². The number of hydrogen-bond acceptors (Lipinski definition) is 7. The van der Waals surface area contributed by atoms with Crippen molar-refractivity contribution in [2.45, 2.75) is 55.5 Å². The summed E-state index contributed by atoms with van der Waals surface area (Å²) in [6, 6.07) is 0. The van der Waals surface area contributed by atoms with Crippen LogP contribution in [0.1, 0.15) is 38.5 Å². The normalized spacial score (nSPS) is 25.9. The number of ether oxygens (including phenoxy) is 1. The molecule has 1 N–H and O–H groups in total. The minimum Gasteiger partial charge on any atom is -0.468 e. The molecule has 1 saturated carbocycles. The molecule has 20 heavy (non-hydrogen) atoms. The van der Waals surface area contributed by atoms with Crippen molar-refractivity contribution < 1.29 is 13.9 Å². The maximum absolute atomic E-state index is 12.1. The van der Waals surface area contributed by atoms with Gasteiger partial charge in [0.25, 0.3) is 5.22 Å². The minimum atomic E-state index is -0.558. The van der Waals surface area contributed by atoms with Gasteiger partial charge in [-0.1, -0.05) is 18.7 Å². The van der Waals surface area contributed by atoms with Crippen molar-refractivity contribution >= 4 is 17.7 Å². The second-order valence-corrected chi connectivity index (χ2v) is 6.32. The molecule has 0 saturated heterocycles. The van der Waals surface area contributed by atoms with Crippen molar-refractivity contribution in [1.82, 2.24) is 15.5 Å². The number of carbonyl (C=O) groups excluding carboxylic acids is 1. The standard InChI is InChI=1S/C13H21N3O3S/c1-4-7-14-13(11(17)18-3)6-5-10(8-13)20-12-16-15-9(2)19-12/h10,14H,4-8H2,1-3H3. The molecule has 1 aromatic rings. The molecule has 2 rings (SSSR count). The van der Waals surface area contributed by atoms with Crippen LogP contribution < -0.4 is 5.32 Å². The number of aromatic nitrogens is 2. The molecule has 0 amide bonds. The average Bonchev–Trinajstić information content (AvgIpc) is 3.04. The van der Waals surface area contributed by atoms with E-state index in [1.54, 1.807) is 18.7 Å². The highest BCUT2D eigenvalue weighted by Crippen LogP contribution is 2.40. The van der Waals surface area contributed by atoms with Gasteiger partial charge in [-0.2, -0.15) is 0 Å². The molecule has 7 heteroatoms. The molecule has 1 heterocycles. The lowest BCUT2D eigenvalue weighted by atomic mass is 9.97. The van der Waals surface area contributed by atoms with Crippen molar-refractivity contribution in [2.24, 2.45) is 0 Å². The number of nitrogens with one attached hydrogen (secondary N) is 1. The summed E-state index contributed by atoms with van der Waals surface area (Å²) in [6.45, 7) is 4.67. The fourth-order valence-electron chi connectivity index (χ4n) is 2.55. The maximum Gasteiger partial charge on any atom is 0.326 e. The van der Waals surface area contributed by atoms with Gasteiger partial charge < -0.3 is 14.5 Å². The van der Waals surface area contributed by atoms with E-state index in [4.69, 9.17) is 9.15 Å². The molecular weight excluding hydrogens is 278 g/mol. The smallest absolute Gasteiger partial charge is 0.326 e. The van der Waals surface area contributed by atoms with Crippen LogP contribution >= 0.6 is 11.8 Å². The van der Waals surface area contributed by atoms with Gasteiger partial charge in [0.1, 0.15) is 5.54 Å². The molecule has 2 atom stereocenters. The first-order valence-electron chi connectivity index (χ1n) is 6.90. The van der Waals surface area contributed by atoms with Crippen LogP contribution in [0.3, 0.4) is 0 Å². The average molecular weight is 299 g/mol. The van der Waals surface area contributed by atoms with E-state index in [0.717, 1.165) is 32.2 Å². The van der Waals surface area contributed by atoms with Gasteiger partial charge in [-0.25, -0.2) is 0 Å². The van der Waals surface area contributed by atoms with Crippen molar-refractivity contribution in [3.05, 3.63) is 5.89 Å². The van der Waals surface area contributed by atoms with Gasteiger partial charge in [-0.05, 0) is 32.2 Å². The van der Waals surface area contributed by atoms with E-state index in [0.29, 0.717) is 16.4 Å². The van der Waals surface area contributed by atoms with Crippen molar-refractivity contribution in [3.63, 3.8) is 0 Å². The number of hydrogen-bond donors (Lipinski definition) is 1. The predicted molar refractivity (Wildman–Crippen MR) is 75.6 cm³/mol. The molecule has 1 aromatic heterocycles. The lowest BCUT2D eigenvalue weighted by molar-refractivity contribution is -0.148. The summed E-state index contributed by atoms with van der Waals surface area (Å²) in [5.74, 6) is 0.393. The van der Waals surface area contributed by atoms with Gasteiger partial charge in [0.15, 0.2) is 0 Å². The molecule has 1 aliphatic carbocycles. The Morgan fingerprint density at radius 3 is 3.00 bits per heavy atom. The Morgan fingerprint density at radius 1 is 1.60 bits per heavy atom. The lowest BCUT2D eigenvalue weighted by Crippen LogP contribution is -2.51. The Bertz CT molecular complexity index is 465. The molecule has 0 bridgehead atoms. The predicted octanol–water partition coefficient (Wildman–Crippen LogP) is 1.93. The molecule has 0 aliphatic heterocycles. The van der Waals surface area contributed by atoms with Crippen LogP contribution in [0.5, 0.6) is 0 Å². The molecule has 0 aromatic carbocycles. The molecule has 0 spiro atoms. The number of esters is 1. The number of nitrogens with zero attached hydrogens (tertiary/aromatic N) is 2. The fraction of sp³-hybridized carbons (Fsp3) is 0.769. The first-order valence-corrected chi connectivity index (χ1v) is 7.78. The summed E-state index contributed by atoms with van der Waals surface area (Å²) in [7, 11) is 1.44. The molecule has 1 fully saturated rings. The SMILES string of the molecule is CCCNC1(C(=O)OC)CCC(Sc2nnc(C)o2)C1. The van der Waals surface area contributed by atoms with E-state index in [1.807, 2.05) is 0 Å². The van der Waals surface area contributed by atoms with E-state index in [9.17, 15) is 4.79 Å². The minimum absolute atomic E-state index is 0.171. The summed E-state index contributed by atoms with van der Waals surface area (Å²) in [6.07, 6.45) is 3.42. The topological polar surface area (TPSA) is 77.2 Å². The third-order valence-electron chi connectivity index (χ3n) is 3.53.